The molecule has 5 N–H and O–H groups in total. The Balaban J connectivity index is -0.00000119. The Morgan fingerprint density at radius 1 is 0.578 bits per heavy atom. The number of benzene rings is 4. The van der Waals surface area contributed by atoms with Gasteiger partial charge in [0.2, 0.25) is 27.1 Å². The molecule has 456 valence electrons. The van der Waals surface area contributed by atoms with E-state index in [0.29, 0.717) is 42.5 Å². The molecule has 1 aliphatic heterocycles. The Labute approximate surface area is 555 Å². The number of nitrogens with one attached hydrogen (secondary N) is 3. The second kappa shape index (κ2) is 34.7. The molecule has 5 rings (SSSR count). The number of carbonyl (C=O) groups is 4. The first-order chi connectivity index (χ1) is 36.7. The molecular weight excluding hydrogens is 1330 g/mol. The Hall–Kier alpha value is -2.74. The molecule has 0 radical (unpaired) electrons. The van der Waals surface area contributed by atoms with Gasteiger partial charge >= 0.3 is 146 Å². The minimum absolute atomic E-state index is 0. The normalized spacial score (nSPS) is 13.4. The van der Waals surface area contributed by atoms with Crippen molar-refractivity contribution in [2.75, 3.05) is 47.8 Å². The first-order valence-electron chi connectivity index (χ1n) is 20.9. The predicted octanol–water partition coefficient (Wildman–Crippen LogP) is 5.88. The van der Waals surface area contributed by atoms with Gasteiger partial charge in [-0.2, -0.15) is 96.5 Å². The van der Waals surface area contributed by atoms with Crippen LogP contribution < -0.4 is 130 Å². The van der Waals surface area contributed by atoms with Gasteiger partial charge in [0.05, 0.1) is 56.3 Å². The Morgan fingerprint density at radius 3 is 1.18 bits per heavy atom. The van der Waals surface area contributed by atoms with Crippen LogP contribution in [0.5, 0.6) is 0 Å². The second-order valence-corrected chi connectivity index (χ2v) is 18.3. The van der Waals surface area contributed by atoms with E-state index < -0.39 is 150 Å². The second-order valence-electron chi connectivity index (χ2n) is 15.4. The number of sulfonamides is 1. The third-order valence-electron chi connectivity index (χ3n) is 9.42. The number of anilines is 3. The largest absolute Gasteiger partial charge is 1.00 e. The van der Waals surface area contributed by atoms with E-state index in [1.165, 1.54) is 0 Å². The quantitative estimate of drug-likeness (QED) is 0.0218. The fraction of sp³-hybridized carbons (Fsp3) is 0.349. The fourth-order valence-electron chi connectivity index (χ4n) is 5.95. The molecule has 0 aromatic heterocycles. The molecule has 2 amide bonds. The molecule has 1 heterocycles. The number of amides is 2. The minimum Gasteiger partial charge on any atom is -1.00 e. The number of hydrogen-bond acceptors (Lipinski definition) is 10. The van der Waals surface area contributed by atoms with Crippen molar-refractivity contribution in [1.29, 1.82) is 0 Å². The van der Waals surface area contributed by atoms with Crippen LogP contribution in [0.2, 0.25) is 0 Å². The summed E-state index contributed by atoms with van der Waals surface area (Å²) in [6, 6.07) is 5.20. The topological polar surface area (TPSA) is 200 Å². The van der Waals surface area contributed by atoms with Crippen LogP contribution in [0.3, 0.4) is 0 Å². The third kappa shape index (κ3) is 30.2. The number of nitrogens with zero attached hydrogens (tertiary/aromatic N) is 1. The van der Waals surface area contributed by atoms with Gasteiger partial charge in [-0.25, -0.2) is 8.42 Å². The molecule has 1 aliphatic rings. The van der Waals surface area contributed by atoms with Crippen LogP contribution in [0.1, 0.15) is 53.2 Å². The summed E-state index contributed by atoms with van der Waals surface area (Å²) in [5, 5.41) is 14.5. The van der Waals surface area contributed by atoms with Crippen LogP contribution in [-0.2, 0) is 77.3 Å². The molecule has 0 unspecified atom stereocenters. The van der Waals surface area contributed by atoms with E-state index >= 15 is 0 Å². The van der Waals surface area contributed by atoms with Crippen molar-refractivity contribution in [2.24, 2.45) is 0 Å². The zero-order valence-corrected chi connectivity index (χ0v) is 50.7. The van der Waals surface area contributed by atoms with Crippen molar-refractivity contribution in [3.8, 4) is 0 Å². The van der Waals surface area contributed by atoms with Gasteiger partial charge < -0.3 is 33.3 Å². The van der Waals surface area contributed by atoms with E-state index in [9.17, 15) is 115 Å². The molecule has 0 aliphatic carbocycles. The van der Waals surface area contributed by atoms with Crippen LogP contribution in [0.15, 0.2) is 83.8 Å². The summed E-state index contributed by atoms with van der Waals surface area (Å²) in [6.07, 6.45) is -34.2. The Kier molecular flexibility index (Phi) is 34.4. The van der Waals surface area contributed by atoms with Crippen LogP contribution in [0.4, 0.5) is 109 Å². The Morgan fingerprint density at radius 2 is 0.892 bits per heavy atom. The predicted molar refractivity (Wildman–Crippen MR) is 243 cm³/mol. The van der Waals surface area contributed by atoms with E-state index in [2.05, 4.69) is 10.2 Å². The van der Waals surface area contributed by atoms with Crippen molar-refractivity contribution in [3.05, 3.63) is 118 Å². The molecule has 0 bridgehead atoms. The first kappa shape index (κ1) is 82.3. The molecule has 0 atom stereocenters. The van der Waals surface area contributed by atoms with Gasteiger partial charge in [-0.1, -0.05) is 6.07 Å². The average molecular weight is 1370 g/mol. The molecule has 1 saturated heterocycles. The maximum Gasteiger partial charge on any atom is 1.00 e. The zero-order chi connectivity index (χ0) is 62.9. The number of rotatable bonds is 10. The molecule has 40 heteroatoms. The monoisotopic (exact) mass is 1360 g/mol. The number of piperidine rings is 1. The summed E-state index contributed by atoms with van der Waals surface area (Å²) < 4.78 is 290. The number of halogens is 24. The summed E-state index contributed by atoms with van der Waals surface area (Å²) in [5.74, 6) is -2.52. The Bertz CT molecular complexity index is 2780. The average Bonchev–Trinajstić information content (AvgIpc) is 3.34. The fourth-order valence-corrected chi connectivity index (χ4v) is 7.53. The molecule has 0 saturated carbocycles. The SMILES string of the molecule is Nc1cc(C(F)(F)F)cc(C(F)(F)F)c1.O=C(CCl)Nc1cc(C(F)(F)F)cc(C(F)(F)F)c1.O=C(CNC1CCN(S(=O)(=O)c2cccc(C(F)(F)F)c2)CC1)Nc1cc(C(F)(F)F)cc(C(F)(F)F)c1.O=C(Cl)CCl.O=CO[O-].[H-].[K+].[K+]. The van der Waals surface area contributed by atoms with Crippen molar-refractivity contribution in [1.82, 2.24) is 9.62 Å². The number of alkyl halides is 23. The standard InChI is InChI=1S/C22H20F9N3O3S.C10H6ClF6NO.C8H5F6N.C2H2Cl2O.CH2O3.2K.H/c23-20(24,25)13-2-1-3-18(11-13)38(36,37)34-6-4-16(5-7-34)32-12-19(35)33-17-9-14(21(26,27)28)8-15(10-17)22(29,30)31;11-4-8(19)18-7-2-5(9(12,13)14)1-6(3-7)10(15,16)17;9-7(10,11)4-1-5(8(12,13)14)3-6(15)2-4;3-1-2(4)5;2-1-4-3;;;/h1-3,8-11,16,32H,4-7,12H2,(H,33,35);1-3H,4H2,(H,18,19);1-3H,15H2;1H2;1,3H;;;/q;;;;;2*+1;-1/p-1. The van der Waals surface area contributed by atoms with Gasteiger partial charge in [0.15, 0.2) is 0 Å². The van der Waals surface area contributed by atoms with Crippen LogP contribution >= 0.6 is 34.8 Å². The van der Waals surface area contributed by atoms with Crippen LogP contribution in [0, 0.1) is 0 Å². The van der Waals surface area contributed by atoms with Crippen LogP contribution in [-0.4, -0.2) is 73.7 Å². The van der Waals surface area contributed by atoms with Crippen molar-refractivity contribution in [2.45, 2.75) is 67.0 Å². The van der Waals surface area contributed by atoms with E-state index in [1.54, 1.807) is 0 Å². The van der Waals surface area contributed by atoms with Gasteiger partial charge in [-0.05, 0) is 97.2 Å². The molecule has 4 aromatic carbocycles. The van der Waals surface area contributed by atoms with Gasteiger partial charge in [0.1, 0.15) is 5.88 Å². The number of carbonyl (C=O) groups excluding carboxylic acids is 4. The number of hydrogen-bond donors (Lipinski definition) is 4. The van der Waals surface area contributed by atoms with Gasteiger partial charge in [0, 0.05) is 36.2 Å². The molecular formula is C43H35Cl3F21K2N5O8S. The zero-order valence-electron chi connectivity index (χ0n) is 42.4. The van der Waals surface area contributed by atoms with Gasteiger partial charge in [0.25, 0.3) is 6.47 Å². The summed E-state index contributed by atoms with van der Waals surface area (Å²) in [6.45, 7) is -0.872. The summed E-state index contributed by atoms with van der Waals surface area (Å²) in [7, 11) is -4.23. The van der Waals surface area contributed by atoms with Crippen LogP contribution in [0.25, 0.3) is 0 Å². The van der Waals surface area contributed by atoms with Gasteiger partial charge in [-0.15, -0.1) is 23.2 Å². The summed E-state index contributed by atoms with van der Waals surface area (Å²) in [5.41, 5.74) is -7.08. The van der Waals surface area contributed by atoms with E-state index in [4.69, 9.17) is 50.6 Å². The first-order valence-corrected chi connectivity index (χ1v) is 23.8. The maximum atomic E-state index is 13.0. The molecule has 13 nitrogen and oxygen atoms in total. The number of nitrogen functional groups attached to an aromatic ring is 1. The van der Waals surface area contributed by atoms with Crippen molar-refractivity contribution in [3.63, 3.8) is 0 Å². The number of nitrogens with two attached hydrogens (primary N) is 1. The third-order valence-corrected chi connectivity index (χ3v) is 12.1. The van der Waals surface area contributed by atoms with E-state index in [0.717, 1.165) is 22.5 Å². The molecule has 83 heavy (non-hydrogen) atoms. The smallest absolute Gasteiger partial charge is 1.00 e. The van der Waals surface area contributed by atoms with Crippen molar-refractivity contribution < 1.29 is 234 Å². The molecule has 0 spiro atoms. The van der Waals surface area contributed by atoms with Crippen molar-refractivity contribution >= 4 is 85.4 Å². The molecule has 1 fully saturated rings. The maximum absolute atomic E-state index is 13.0. The molecule has 4 aromatic rings. The van der Waals surface area contributed by atoms with Gasteiger partial charge in [-0.3, -0.25) is 19.2 Å². The summed E-state index contributed by atoms with van der Waals surface area (Å²) >= 11 is 14.7. The van der Waals surface area contributed by atoms with E-state index in [-0.39, 0.29) is 161 Å². The summed E-state index contributed by atoms with van der Waals surface area (Å²) in [4.78, 5) is 43.2. The van der Waals surface area contributed by atoms with E-state index in [1.807, 2.05) is 10.6 Å². The minimum atomic E-state index is -5.08.